The molecule has 0 atom stereocenters. The molecule has 0 unspecified atom stereocenters. The number of hydrogen-bond donors (Lipinski definition) is 1. The van der Waals surface area contributed by atoms with Crippen LogP contribution in [0.25, 0.3) is 0 Å². The van der Waals surface area contributed by atoms with E-state index in [1.54, 1.807) is 7.11 Å². The van der Waals surface area contributed by atoms with Crippen molar-refractivity contribution in [1.29, 1.82) is 0 Å². The van der Waals surface area contributed by atoms with Gasteiger partial charge in [-0.25, -0.2) is 0 Å². The highest BCUT2D eigenvalue weighted by molar-refractivity contribution is 5.31. The molecule has 1 aromatic carbocycles. The molecule has 4 nitrogen and oxygen atoms in total. The molecule has 1 N–H and O–H groups in total. The summed E-state index contributed by atoms with van der Waals surface area (Å²) in [4.78, 5) is 4.43. The van der Waals surface area contributed by atoms with Gasteiger partial charge in [0.25, 0.3) is 0 Å². The Balaban J connectivity index is 1.66. The van der Waals surface area contributed by atoms with Gasteiger partial charge in [0.1, 0.15) is 18.1 Å². The lowest BCUT2D eigenvalue weighted by molar-refractivity contribution is 0.312. The maximum atomic E-state index is 5.63. The van der Waals surface area contributed by atoms with Crippen LogP contribution in [0.4, 0.5) is 0 Å². The molecule has 0 saturated heterocycles. The van der Waals surface area contributed by atoms with Gasteiger partial charge in [-0.15, -0.1) is 0 Å². The van der Waals surface area contributed by atoms with Crippen LogP contribution in [0.3, 0.4) is 0 Å². The zero-order valence-electron chi connectivity index (χ0n) is 11.9. The van der Waals surface area contributed by atoms with Crippen LogP contribution >= 0.6 is 0 Å². The lowest BCUT2D eigenvalue weighted by atomic mass is 10.3. The SMILES string of the molecule is COc1ccc(OCCNCc2cccc(C)n2)cc1. The number of hydrogen-bond acceptors (Lipinski definition) is 4. The molecule has 20 heavy (non-hydrogen) atoms. The summed E-state index contributed by atoms with van der Waals surface area (Å²) in [5, 5.41) is 3.31. The first-order valence-electron chi connectivity index (χ1n) is 6.68. The molecule has 0 amide bonds. The van der Waals surface area contributed by atoms with Gasteiger partial charge in [0.15, 0.2) is 0 Å². The zero-order chi connectivity index (χ0) is 14.2. The van der Waals surface area contributed by atoms with Crippen molar-refractivity contribution in [2.24, 2.45) is 0 Å². The second-order valence-electron chi connectivity index (χ2n) is 4.47. The molecule has 106 valence electrons. The largest absolute Gasteiger partial charge is 0.497 e. The van der Waals surface area contributed by atoms with Crippen LogP contribution < -0.4 is 14.8 Å². The van der Waals surface area contributed by atoms with Crippen molar-refractivity contribution in [3.05, 3.63) is 53.9 Å². The molecule has 0 aliphatic rings. The van der Waals surface area contributed by atoms with E-state index in [4.69, 9.17) is 9.47 Å². The third-order valence-corrected chi connectivity index (χ3v) is 2.86. The summed E-state index contributed by atoms with van der Waals surface area (Å²) in [6.07, 6.45) is 0. The molecule has 0 radical (unpaired) electrons. The molecule has 2 aromatic rings. The minimum absolute atomic E-state index is 0.623. The zero-order valence-corrected chi connectivity index (χ0v) is 11.9. The third-order valence-electron chi connectivity index (χ3n) is 2.86. The van der Waals surface area contributed by atoms with E-state index in [2.05, 4.69) is 10.3 Å². The van der Waals surface area contributed by atoms with Crippen molar-refractivity contribution < 1.29 is 9.47 Å². The number of ether oxygens (including phenoxy) is 2. The molecule has 0 aliphatic heterocycles. The lowest BCUT2D eigenvalue weighted by Crippen LogP contribution is -2.21. The Bertz CT molecular complexity index is 526. The summed E-state index contributed by atoms with van der Waals surface area (Å²) < 4.78 is 10.7. The number of nitrogens with zero attached hydrogens (tertiary/aromatic N) is 1. The van der Waals surface area contributed by atoms with Crippen molar-refractivity contribution in [1.82, 2.24) is 10.3 Å². The van der Waals surface area contributed by atoms with Crippen molar-refractivity contribution in [2.75, 3.05) is 20.3 Å². The van der Waals surface area contributed by atoms with Gasteiger partial charge >= 0.3 is 0 Å². The third kappa shape index (κ3) is 4.55. The van der Waals surface area contributed by atoms with E-state index in [0.29, 0.717) is 6.61 Å². The molecular weight excluding hydrogens is 252 g/mol. The molecule has 0 spiro atoms. The topological polar surface area (TPSA) is 43.4 Å². The van der Waals surface area contributed by atoms with E-state index in [1.165, 1.54) is 0 Å². The summed E-state index contributed by atoms with van der Waals surface area (Å²) in [6, 6.07) is 13.6. The first kappa shape index (κ1) is 14.3. The molecule has 0 fully saturated rings. The van der Waals surface area contributed by atoms with E-state index >= 15 is 0 Å². The van der Waals surface area contributed by atoms with Crippen molar-refractivity contribution in [2.45, 2.75) is 13.5 Å². The van der Waals surface area contributed by atoms with Gasteiger partial charge < -0.3 is 14.8 Å². The second kappa shape index (κ2) is 7.50. The van der Waals surface area contributed by atoms with Gasteiger partial charge in [-0.1, -0.05) is 6.07 Å². The number of nitrogens with one attached hydrogen (secondary N) is 1. The highest BCUT2D eigenvalue weighted by Gasteiger charge is 1.96. The molecule has 0 bridgehead atoms. The Hall–Kier alpha value is -2.07. The van der Waals surface area contributed by atoms with Crippen LogP contribution in [0.5, 0.6) is 11.5 Å². The van der Waals surface area contributed by atoms with Gasteiger partial charge in [0, 0.05) is 18.8 Å². The van der Waals surface area contributed by atoms with E-state index in [-0.39, 0.29) is 0 Å². The number of aryl methyl sites for hydroxylation is 1. The Labute approximate surface area is 119 Å². The van der Waals surface area contributed by atoms with Crippen LogP contribution in [0, 0.1) is 6.92 Å². The number of rotatable bonds is 7. The molecule has 1 aromatic heterocycles. The number of methoxy groups -OCH3 is 1. The van der Waals surface area contributed by atoms with E-state index in [1.807, 2.05) is 49.4 Å². The highest BCUT2D eigenvalue weighted by atomic mass is 16.5. The average Bonchev–Trinajstić information content (AvgIpc) is 2.48. The van der Waals surface area contributed by atoms with Gasteiger partial charge in [-0.3, -0.25) is 4.98 Å². The number of aromatic nitrogens is 1. The van der Waals surface area contributed by atoms with Crippen molar-refractivity contribution >= 4 is 0 Å². The average molecular weight is 272 g/mol. The van der Waals surface area contributed by atoms with Crippen LogP contribution in [-0.4, -0.2) is 25.2 Å². The Morgan fingerprint density at radius 3 is 2.50 bits per heavy atom. The van der Waals surface area contributed by atoms with Gasteiger partial charge in [-0.2, -0.15) is 0 Å². The van der Waals surface area contributed by atoms with E-state index in [9.17, 15) is 0 Å². The monoisotopic (exact) mass is 272 g/mol. The lowest BCUT2D eigenvalue weighted by Gasteiger charge is -2.08. The fourth-order valence-corrected chi connectivity index (χ4v) is 1.83. The summed E-state index contributed by atoms with van der Waals surface area (Å²) in [5.74, 6) is 1.68. The summed E-state index contributed by atoms with van der Waals surface area (Å²) >= 11 is 0. The standard InChI is InChI=1S/C16H20N2O2/c1-13-4-3-5-14(18-13)12-17-10-11-20-16-8-6-15(19-2)7-9-16/h3-9,17H,10-12H2,1-2H3. The fraction of sp³-hybridized carbons (Fsp3) is 0.312. The molecular formula is C16H20N2O2. The van der Waals surface area contributed by atoms with Crippen LogP contribution in [-0.2, 0) is 6.54 Å². The molecule has 0 saturated carbocycles. The predicted molar refractivity (Wildman–Crippen MR) is 79.2 cm³/mol. The number of pyridine rings is 1. The van der Waals surface area contributed by atoms with Crippen molar-refractivity contribution in [3.63, 3.8) is 0 Å². The van der Waals surface area contributed by atoms with Gasteiger partial charge in [-0.05, 0) is 43.3 Å². The van der Waals surface area contributed by atoms with Crippen LogP contribution in [0.2, 0.25) is 0 Å². The fourth-order valence-electron chi connectivity index (χ4n) is 1.83. The molecule has 4 heteroatoms. The highest BCUT2D eigenvalue weighted by Crippen LogP contribution is 2.16. The molecule has 2 rings (SSSR count). The Morgan fingerprint density at radius 2 is 1.80 bits per heavy atom. The minimum atomic E-state index is 0.623. The minimum Gasteiger partial charge on any atom is -0.497 e. The molecule has 1 heterocycles. The van der Waals surface area contributed by atoms with Crippen LogP contribution in [0.15, 0.2) is 42.5 Å². The quantitative estimate of drug-likeness (QED) is 0.787. The van der Waals surface area contributed by atoms with Gasteiger partial charge in [0.2, 0.25) is 0 Å². The number of benzene rings is 1. The Kier molecular flexibility index (Phi) is 5.38. The van der Waals surface area contributed by atoms with E-state index in [0.717, 1.165) is 36.0 Å². The maximum absolute atomic E-state index is 5.63. The van der Waals surface area contributed by atoms with Crippen molar-refractivity contribution in [3.8, 4) is 11.5 Å². The Morgan fingerprint density at radius 1 is 1.05 bits per heavy atom. The van der Waals surface area contributed by atoms with Gasteiger partial charge in [0.05, 0.1) is 12.8 Å². The molecule has 0 aliphatic carbocycles. The first-order chi connectivity index (χ1) is 9.78. The maximum Gasteiger partial charge on any atom is 0.119 e. The van der Waals surface area contributed by atoms with Crippen LogP contribution in [0.1, 0.15) is 11.4 Å². The predicted octanol–water partition coefficient (Wildman–Crippen LogP) is 2.57. The summed E-state index contributed by atoms with van der Waals surface area (Å²) in [5.41, 5.74) is 2.09. The summed E-state index contributed by atoms with van der Waals surface area (Å²) in [6.45, 7) is 4.16. The smallest absolute Gasteiger partial charge is 0.119 e. The second-order valence-corrected chi connectivity index (χ2v) is 4.47. The van der Waals surface area contributed by atoms with E-state index < -0.39 is 0 Å². The normalized spacial score (nSPS) is 10.3. The first-order valence-corrected chi connectivity index (χ1v) is 6.68. The summed E-state index contributed by atoms with van der Waals surface area (Å²) in [7, 11) is 1.65.